The van der Waals surface area contributed by atoms with E-state index in [2.05, 4.69) is 17.3 Å². The topological polar surface area (TPSA) is 15.3 Å². The molecule has 0 radical (unpaired) electrons. The molecule has 2 aliphatic heterocycles. The van der Waals surface area contributed by atoms with Crippen LogP contribution in [0, 0.1) is 5.82 Å². The van der Waals surface area contributed by atoms with Crippen molar-refractivity contribution in [3.8, 4) is 0 Å². The molecule has 1 saturated heterocycles. The zero-order chi connectivity index (χ0) is 10.5. The Labute approximate surface area is 89.1 Å². The first kappa shape index (κ1) is 9.16. The summed E-state index contributed by atoms with van der Waals surface area (Å²) in [5.41, 5.74) is 1.84. The van der Waals surface area contributed by atoms with Crippen LogP contribution in [0.4, 0.5) is 10.1 Å². The highest BCUT2D eigenvalue weighted by molar-refractivity contribution is 5.67. The average Bonchev–Trinajstić information content (AvgIpc) is 2.18. The van der Waals surface area contributed by atoms with E-state index in [1.54, 1.807) is 12.1 Å². The first-order valence-electron chi connectivity index (χ1n) is 5.47. The van der Waals surface area contributed by atoms with Crippen LogP contribution in [0.15, 0.2) is 18.2 Å². The fourth-order valence-corrected chi connectivity index (χ4v) is 2.75. The van der Waals surface area contributed by atoms with Crippen LogP contribution in [0.1, 0.15) is 18.4 Å². The lowest BCUT2D eigenvalue weighted by Gasteiger charge is -2.50. The first-order valence-corrected chi connectivity index (χ1v) is 5.47. The van der Waals surface area contributed by atoms with Crippen LogP contribution >= 0.6 is 0 Å². The lowest BCUT2D eigenvalue weighted by molar-refractivity contribution is 0.192. The van der Waals surface area contributed by atoms with Crippen molar-refractivity contribution in [2.75, 3.05) is 25.5 Å². The standard InChI is InChI=1S/C12H15FN2/c1-15-7-5-12(6-8-15)11-9(13)3-2-4-10(11)14-12/h2-4,14H,5-8H2,1H3. The van der Waals surface area contributed by atoms with Crippen molar-refractivity contribution in [3.63, 3.8) is 0 Å². The molecule has 1 aromatic rings. The number of likely N-dealkylation sites (tertiary alicyclic amines) is 1. The van der Waals surface area contributed by atoms with Crippen molar-refractivity contribution in [1.29, 1.82) is 0 Å². The van der Waals surface area contributed by atoms with Gasteiger partial charge in [-0.05, 0) is 32.0 Å². The van der Waals surface area contributed by atoms with Gasteiger partial charge in [-0.1, -0.05) is 6.07 Å². The van der Waals surface area contributed by atoms with E-state index in [1.807, 2.05) is 6.07 Å². The molecule has 0 saturated carbocycles. The van der Waals surface area contributed by atoms with E-state index in [0.717, 1.165) is 37.2 Å². The van der Waals surface area contributed by atoms with Crippen LogP contribution in [-0.4, -0.2) is 25.0 Å². The minimum atomic E-state index is -0.0623. The molecule has 0 amide bonds. The maximum atomic E-state index is 13.7. The van der Waals surface area contributed by atoms with Gasteiger partial charge >= 0.3 is 0 Å². The lowest BCUT2D eigenvalue weighted by Crippen LogP contribution is -2.52. The number of benzene rings is 1. The predicted octanol–water partition coefficient (Wildman–Crippen LogP) is 2.17. The van der Waals surface area contributed by atoms with Gasteiger partial charge in [0.2, 0.25) is 0 Å². The molecule has 0 unspecified atom stereocenters. The van der Waals surface area contributed by atoms with Crippen LogP contribution in [0.25, 0.3) is 0 Å². The number of piperidine rings is 1. The third-order valence-corrected chi connectivity index (χ3v) is 3.71. The molecule has 2 heterocycles. The summed E-state index contributed by atoms with van der Waals surface area (Å²) < 4.78 is 13.7. The van der Waals surface area contributed by atoms with E-state index in [4.69, 9.17) is 0 Å². The molecule has 80 valence electrons. The van der Waals surface area contributed by atoms with Gasteiger partial charge in [0.05, 0.1) is 5.54 Å². The van der Waals surface area contributed by atoms with Gasteiger partial charge in [-0.3, -0.25) is 0 Å². The van der Waals surface area contributed by atoms with Gasteiger partial charge in [0.15, 0.2) is 0 Å². The molecule has 15 heavy (non-hydrogen) atoms. The van der Waals surface area contributed by atoms with Gasteiger partial charge in [-0.25, -0.2) is 4.39 Å². The van der Waals surface area contributed by atoms with Crippen molar-refractivity contribution >= 4 is 5.69 Å². The van der Waals surface area contributed by atoms with Crippen molar-refractivity contribution in [1.82, 2.24) is 4.90 Å². The third-order valence-electron chi connectivity index (χ3n) is 3.71. The SMILES string of the molecule is CN1CCC2(CC1)Nc1cccc(F)c12. The molecule has 0 aliphatic carbocycles. The second kappa shape index (κ2) is 2.95. The normalized spacial score (nSPS) is 23.1. The van der Waals surface area contributed by atoms with Gasteiger partial charge in [0.1, 0.15) is 5.82 Å². The van der Waals surface area contributed by atoms with E-state index in [9.17, 15) is 4.39 Å². The zero-order valence-corrected chi connectivity index (χ0v) is 8.89. The van der Waals surface area contributed by atoms with Crippen molar-refractivity contribution < 1.29 is 4.39 Å². The fraction of sp³-hybridized carbons (Fsp3) is 0.500. The van der Waals surface area contributed by atoms with Crippen LogP contribution in [-0.2, 0) is 5.54 Å². The van der Waals surface area contributed by atoms with E-state index in [1.165, 1.54) is 0 Å². The molecular weight excluding hydrogens is 191 g/mol. The van der Waals surface area contributed by atoms with E-state index >= 15 is 0 Å². The summed E-state index contributed by atoms with van der Waals surface area (Å²) in [7, 11) is 2.12. The largest absolute Gasteiger partial charge is 0.375 e. The number of halogens is 1. The number of fused-ring (bicyclic) bond motifs is 2. The van der Waals surface area contributed by atoms with Crippen molar-refractivity contribution in [3.05, 3.63) is 29.6 Å². The molecule has 1 aromatic carbocycles. The third kappa shape index (κ3) is 1.19. The molecule has 2 aliphatic rings. The smallest absolute Gasteiger partial charge is 0.130 e. The van der Waals surface area contributed by atoms with Crippen molar-refractivity contribution in [2.24, 2.45) is 0 Å². The maximum absolute atomic E-state index is 13.7. The summed E-state index contributed by atoms with van der Waals surface area (Å²) in [6.45, 7) is 2.08. The summed E-state index contributed by atoms with van der Waals surface area (Å²) in [5.74, 6) is -0.0456. The molecule has 1 spiro atoms. The molecule has 3 rings (SSSR count). The Morgan fingerprint density at radius 2 is 2.07 bits per heavy atom. The Hall–Kier alpha value is -1.09. The molecule has 1 fully saturated rings. The van der Waals surface area contributed by atoms with Crippen LogP contribution in [0.5, 0.6) is 0 Å². The fourth-order valence-electron chi connectivity index (χ4n) is 2.75. The summed E-state index contributed by atoms with van der Waals surface area (Å²) in [6.07, 6.45) is 2.02. The number of anilines is 1. The van der Waals surface area contributed by atoms with Crippen LogP contribution in [0.2, 0.25) is 0 Å². The number of hydrogen-bond donors (Lipinski definition) is 1. The number of rotatable bonds is 0. The minimum absolute atomic E-state index is 0.0456. The quantitative estimate of drug-likeness (QED) is 0.700. The Morgan fingerprint density at radius 3 is 2.73 bits per heavy atom. The highest BCUT2D eigenvalue weighted by Gasteiger charge is 2.45. The number of nitrogens with one attached hydrogen (secondary N) is 1. The maximum Gasteiger partial charge on any atom is 0.130 e. The average molecular weight is 206 g/mol. The molecule has 0 bridgehead atoms. The van der Waals surface area contributed by atoms with Gasteiger partial charge in [0.25, 0.3) is 0 Å². The summed E-state index contributed by atoms with van der Waals surface area (Å²) in [6, 6.07) is 5.30. The van der Waals surface area contributed by atoms with E-state index in [-0.39, 0.29) is 11.4 Å². The Kier molecular flexibility index (Phi) is 1.80. The van der Waals surface area contributed by atoms with Crippen LogP contribution in [0.3, 0.4) is 0 Å². The second-order valence-corrected chi connectivity index (χ2v) is 4.67. The summed E-state index contributed by atoms with van der Waals surface area (Å²) in [4.78, 5) is 2.30. The Balaban J connectivity index is 1.95. The molecule has 0 atom stereocenters. The molecule has 1 N–H and O–H groups in total. The number of nitrogens with zero attached hydrogens (tertiary/aromatic N) is 1. The highest BCUT2D eigenvalue weighted by Crippen LogP contribution is 2.48. The second-order valence-electron chi connectivity index (χ2n) is 4.67. The molecular formula is C12H15FN2. The molecule has 3 heteroatoms. The molecule has 0 aromatic heterocycles. The first-order chi connectivity index (χ1) is 7.21. The highest BCUT2D eigenvalue weighted by atomic mass is 19.1. The molecule has 2 nitrogen and oxygen atoms in total. The lowest BCUT2D eigenvalue weighted by atomic mass is 9.74. The predicted molar refractivity (Wildman–Crippen MR) is 58.4 cm³/mol. The van der Waals surface area contributed by atoms with E-state index < -0.39 is 0 Å². The Bertz CT molecular complexity index is 380. The number of hydrogen-bond acceptors (Lipinski definition) is 2. The van der Waals surface area contributed by atoms with Gasteiger partial charge in [0, 0.05) is 24.3 Å². The van der Waals surface area contributed by atoms with Gasteiger partial charge in [-0.15, -0.1) is 0 Å². The van der Waals surface area contributed by atoms with Crippen LogP contribution < -0.4 is 5.32 Å². The Morgan fingerprint density at radius 1 is 1.33 bits per heavy atom. The van der Waals surface area contributed by atoms with Gasteiger partial charge < -0.3 is 10.2 Å². The minimum Gasteiger partial charge on any atom is -0.375 e. The van der Waals surface area contributed by atoms with E-state index in [0.29, 0.717) is 0 Å². The van der Waals surface area contributed by atoms with Gasteiger partial charge in [-0.2, -0.15) is 0 Å². The summed E-state index contributed by atoms with van der Waals surface area (Å²) >= 11 is 0. The van der Waals surface area contributed by atoms with Crippen molar-refractivity contribution in [2.45, 2.75) is 18.4 Å². The monoisotopic (exact) mass is 206 g/mol. The summed E-state index contributed by atoms with van der Waals surface area (Å²) in [5, 5.41) is 3.43. The zero-order valence-electron chi connectivity index (χ0n) is 8.89.